The van der Waals surface area contributed by atoms with Gasteiger partial charge in [0.15, 0.2) is 6.10 Å². The van der Waals surface area contributed by atoms with Crippen LogP contribution in [-0.4, -0.2) is 19.2 Å². The number of rotatable bonds is 3. The highest BCUT2D eigenvalue weighted by molar-refractivity contribution is 5.74. The Morgan fingerprint density at radius 2 is 2.13 bits per heavy atom. The highest BCUT2D eigenvalue weighted by atomic mass is 16.6. The second-order valence-corrected chi connectivity index (χ2v) is 3.32. The van der Waals surface area contributed by atoms with Crippen molar-refractivity contribution in [3.05, 3.63) is 23.8 Å². The van der Waals surface area contributed by atoms with Crippen LogP contribution >= 0.6 is 0 Å². The van der Waals surface area contributed by atoms with Crippen LogP contribution in [0.2, 0.25) is 0 Å². The first kappa shape index (κ1) is 11.4. The lowest BCUT2D eigenvalue weighted by Gasteiger charge is -2.14. The summed E-state index contributed by atoms with van der Waals surface area (Å²) in [6.07, 6.45) is -0.654. The highest BCUT2D eigenvalue weighted by Crippen LogP contribution is 2.23. The van der Waals surface area contributed by atoms with Crippen LogP contribution in [0.3, 0.4) is 0 Å². The van der Waals surface area contributed by atoms with E-state index in [4.69, 9.17) is 10.5 Å². The van der Waals surface area contributed by atoms with E-state index < -0.39 is 12.1 Å². The molecule has 15 heavy (non-hydrogen) atoms. The van der Waals surface area contributed by atoms with Crippen molar-refractivity contribution < 1.29 is 14.3 Å². The summed E-state index contributed by atoms with van der Waals surface area (Å²) in [4.78, 5) is 11.1. The predicted molar refractivity (Wildman–Crippen MR) is 57.7 cm³/mol. The molecule has 0 radical (unpaired) electrons. The van der Waals surface area contributed by atoms with E-state index in [0.29, 0.717) is 11.4 Å². The van der Waals surface area contributed by atoms with Crippen molar-refractivity contribution in [2.75, 3.05) is 12.8 Å². The maximum Gasteiger partial charge on any atom is 0.346 e. The maximum absolute atomic E-state index is 11.1. The lowest BCUT2D eigenvalue weighted by molar-refractivity contribution is -0.147. The maximum atomic E-state index is 11.1. The van der Waals surface area contributed by atoms with E-state index in [2.05, 4.69) is 4.74 Å². The summed E-state index contributed by atoms with van der Waals surface area (Å²) in [5, 5.41) is 0. The van der Waals surface area contributed by atoms with E-state index in [1.54, 1.807) is 19.1 Å². The van der Waals surface area contributed by atoms with Gasteiger partial charge in [-0.25, -0.2) is 4.79 Å². The number of ether oxygens (including phenoxy) is 2. The average Bonchev–Trinajstić information content (AvgIpc) is 2.22. The Labute approximate surface area is 89.0 Å². The molecular weight excluding hydrogens is 194 g/mol. The third-order valence-electron chi connectivity index (χ3n) is 2.01. The van der Waals surface area contributed by atoms with Crippen LogP contribution in [0.4, 0.5) is 5.69 Å². The summed E-state index contributed by atoms with van der Waals surface area (Å²) in [6.45, 7) is 3.54. The fourth-order valence-corrected chi connectivity index (χ4v) is 1.15. The van der Waals surface area contributed by atoms with Crippen LogP contribution in [0.1, 0.15) is 12.5 Å². The number of anilines is 1. The molecule has 4 heteroatoms. The molecule has 0 fully saturated rings. The standard InChI is InChI=1S/C11H15NO3/c1-7-4-5-9(12)10(6-7)15-8(2)11(13)14-3/h4-6,8H,12H2,1-3H3. The Hall–Kier alpha value is -1.71. The molecular formula is C11H15NO3. The molecule has 1 unspecified atom stereocenters. The van der Waals surface area contributed by atoms with Gasteiger partial charge in [-0.05, 0) is 31.5 Å². The second-order valence-electron chi connectivity index (χ2n) is 3.32. The Balaban J connectivity index is 2.80. The molecule has 0 saturated heterocycles. The molecule has 1 aromatic rings. The van der Waals surface area contributed by atoms with Gasteiger partial charge in [0.2, 0.25) is 0 Å². The Bertz CT molecular complexity index is 363. The van der Waals surface area contributed by atoms with Crippen molar-refractivity contribution >= 4 is 11.7 Å². The molecule has 1 rings (SSSR count). The number of benzene rings is 1. The van der Waals surface area contributed by atoms with Gasteiger partial charge < -0.3 is 15.2 Å². The topological polar surface area (TPSA) is 61.5 Å². The zero-order chi connectivity index (χ0) is 11.4. The first-order chi connectivity index (χ1) is 7.04. The first-order valence-electron chi connectivity index (χ1n) is 4.65. The van der Waals surface area contributed by atoms with Crippen molar-refractivity contribution in [2.45, 2.75) is 20.0 Å². The summed E-state index contributed by atoms with van der Waals surface area (Å²) in [5.74, 6) is 0.0869. The monoisotopic (exact) mass is 209 g/mol. The van der Waals surface area contributed by atoms with Gasteiger partial charge in [-0.2, -0.15) is 0 Å². The number of aryl methyl sites for hydroxylation is 1. The summed E-state index contributed by atoms with van der Waals surface area (Å²) in [7, 11) is 1.32. The van der Waals surface area contributed by atoms with E-state index in [-0.39, 0.29) is 0 Å². The van der Waals surface area contributed by atoms with Crippen LogP contribution in [0.15, 0.2) is 18.2 Å². The highest BCUT2D eigenvalue weighted by Gasteiger charge is 2.15. The number of carbonyl (C=O) groups excluding carboxylic acids is 1. The summed E-state index contributed by atoms with van der Waals surface area (Å²) in [5.41, 5.74) is 7.24. The molecule has 0 saturated carbocycles. The quantitative estimate of drug-likeness (QED) is 0.605. The molecule has 0 amide bonds. The second kappa shape index (κ2) is 4.68. The largest absolute Gasteiger partial charge is 0.477 e. The Morgan fingerprint density at radius 3 is 2.73 bits per heavy atom. The van der Waals surface area contributed by atoms with Crippen molar-refractivity contribution in [3.63, 3.8) is 0 Å². The predicted octanol–water partition coefficient (Wildman–Crippen LogP) is 1.52. The van der Waals surface area contributed by atoms with Crippen molar-refractivity contribution in [2.24, 2.45) is 0 Å². The van der Waals surface area contributed by atoms with Crippen molar-refractivity contribution in [1.82, 2.24) is 0 Å². The third-order valence-corrected chi connectivity index (χ3v) is 2.01. The minimum atomic E-state index is -0.654. The van der Waals surface area contributed by atoms with Gasteiger partial charge in [-0.3, -0.25) is 0 Å². The summed E-state index contributed by atoms with van der Waals surface area (Å²) >= 11 is 0. The molecule has 0 heterocycles. The molecule has 0 bridgehead atoms. The van der Waals surface area contributed by atoms with Crippen molar-refractivity contribution in [3.8, 4) is 5.75 Å². The van der Waals surface area contributed by atoms with Gasteiger partial charge in [0.1, 0.15) is 5.75 Å². The number of nitrogens with two attached hydrogens (primary N) is 1. The van der Waals surface area contributed by atoms with E-state index in [1.165, 1.54) is 7.11 Å². The van der Waals surface area contributed by atoms with Gasteiger partial charge in [0.05, 0.1) is 12.8 Å². The zero-order valence-corrected chi connectivity index (χ0v) is 9.11. The third kappa shape index (κ3) is 2.87. The van der Waals surface area contributed by atoms with E-state index >= 15 is 0 Å². The van der Waals surface area contributed by atoms with Crippen LogP contribution in [0.5, 0.6) is 5.75 Å². The van der Waals surface area contributed by atoms with E-state index in [9.17, 15) is 4.79 Å². The first-order valence-corrected chi connectivity index (χ1v) is 4.65. The number of methoxy groups -OCH3 is 1. The molecule has 0 aromatic heterocycles. The van der Waals surface area contributed by atoms with Crippen LogP contribution in [0.25, 0.3) is 0 Å². The molecule has 0 aliphatic rings. The summed E-state index contributed by atoms with van der Waals surface area (Å²) < 4.78 is 9.93. The molecule has 0 aliphatic heterocycles. The number of carbonyl (C=O) groups is 1. The van der Waals surface area contributed by atoms with Gasteiger partial charge in [-0.15, -0.1) is 0 Å². The molecule has 82 valence electrons. The van der Waals surface area contributed by atoms with Gasteiger partial charge in [-0.1, -0.05) is 6.07 Å². The number of nitrogen functional groups attached to an aromatic ring is 1. The Kier molecular flexibility index (Phi) is 3.55. The van der Waals surface area contributed by atoms with Crippen LogP contribution in [0, 0.1) is 6.92 Å². The minimum absolute atomic E-state index is 0.420. The molecule has 4 nitrogen and oxygen atoms in total. The molecule has 1 atom stereocenters. The normalized spacial score (nSPS) is 11.9. The van der Waals surface area contributed by atoms with Crippen LogP contribution < -0.4 is 10.5 Å². The number of esters is 1. The lowest BCUT2D eigenvalue weighted by Crippen LogP contribution is -2.25. The van der Waals surface area contributed by atoms with Gasteiger partial charge in [0, 0.05) is 0 Å². The van der Waals surface area contributed by atoms with E-state index in [0.717, 1.165) is 5.56 Å². The van der Waals surface area contributed by atoms with Crippen molar-refractivity contribution in [1.29, 1.82) is 0 Å². The van der Waals surface area contributed by atoms with Gasteiger partial charge in [0.25, 0.3) is 0 Å². The molecule has 2 N–H and O–H groups in total. The average molecular weight is 209 g/mol. The minimum Gasteiger partial charge on any atom is -0.477 e. The zero-order valence-electron chi connectivity index (χ0n) is 9.11. The molecule has 1 aromatic carbocycles. The van der Waals surface area contributed by atoms with Crippen LogP contribution in [-0.2, 0) is 9.53 Å². The molecule has 0 aliphatic carbocycles. The number of hydrogen-bond acceptors (Lipinski definition) is 4. The SMILES string of the molecule is COC(=O)C(C)Oc1cc(C)ccc1N. The molecule has 0 spiro atoms. The number of hydrogen-bond donors (Lipinski definition) is 1. The Morgan fingerprint density at radius 1 is 1.47 bits per heavy atom. The smallest absolute Gasteiger partial charge is 0.346 e. The summed E-state index contributed by atoms with van der Waals surface area (Å²) in [6, 6.07) is 5.41. The van der Waals surface area contributed by atoms with Gasteiger partial charge >= 0.3 is 5.97 Å². The lowest BCUT2D eigenvalue weighted by atomic mass is 10.2. The fourth-order valence-electron chi connectivity index (χ4n) is 1.15. The fraction of sp³-hybridized carbons (Fsp3) is 0.364. The van der Waals surface area contributed by atoms with E-state index in [1.807, 2.05) is 13.0 Å².